The van der Waals surface area contributed by atoms with Crippen LogP contribution in [0, 0.1) is 0 Å². The Hall–Kier alpha value is -1.13. The van der Waals surface area contributed by atoms with Gasteiger partial charge in [0.1, 0.15) is 9.92 Å². The Morgan fingerprint density at radius 3 is 2.52 bits per heavy atom. The fourth-order valence-corrected chi connectivity index (χ4v) is 4.74. The first-order valence-electron chi connectivity index (χ1n) is 6.68. The molecular weight excluding hydrogens is 314 g/mol. The van der Waals surface area contributed by atoms with Gasteiger partial charge in [-0.25, -0.2) is 13.2 Å². The van der Waals surface area contributed by atoms with E-state index in [9.17, 15) is 12.6 Å². The van der Waals surface area contributed by atoms with E-state index in [1.54, 1.807) is 6.07 Å². The quantitative estimate of drug-likeness (QED) is 0.845. The molecule has 0 aromatic carbocycles. The third-order valence-electron chi connectivity index (χ3n) is 3.54. The summed E-state index contributed by atoms with van der Waals surface area (Å²) in [4.78, 5) is 0. The molecule has 8 nitrogen and oxygen atoms in total. The van der Waals surface area contributed by atoms with Crippen LogP contribution < -0.4 is 4.72 Å². The van der Waals surface area contributed by atoms with Crippen LogP contribution in [0.2, 0.25) is 0 Å². The Morgan fingerprint density at radius 1 is 1.33 bits per heavy atom. The van der Waals surface area contributed by atoms with Gasteiger partial charge in [0.05, 0.1) is 0 Å². The topological polar surface area (TPSA) is 108 Å². The lowest BCUT2D eigenvalue weighted by Crippen LogP contribution is -2.23. The smallest absolute Gasteiger partial charge is 0.280 e. The second-order valence-electron chi connectivity index (χ2n) is 5.42. The van der Waals surface area contributed by atoms with Crippen molar-refractivity contribution < 1.29 is 12.6 Å². The van der Waals surface area contributed by atoms with Gasteiger partial charge in [-0.15, -0.1) is 0 Å². The molecule has 1 aromatic rings. The molecule has 0 amide bonds. The molecule has 2 N–H and O–H groups in total. The van der Waals surface area contributed by atoms with E-state index in [4.69, 9.17) is 0 Å². The number of aromatic nitrogens is 2. The molecule has 10 heteroatoms. The van der Waals surface area contributed by atoms with Crippen LogP contribution in [-0.2, 0) is 20.1 Å². The van der Waals surface area contributed by atoms with Gasteiger partial charge in [-0.3, -0.25) is 5.10 Å². The van der Waals surface area contributed by atoms with Gasteiger partial charge in [0, 0.05) is 38.0 Å². The van der Waals surface area contributed by atoms with Crippen molar-refractivity contribution in [2.45, 2.75) is 31.6 Å². The van der Waals surface area contributed by atoms with Crippen LogP contribution in [0.3, 0.4) is 0 Å². The van der Waals surface area contributed by atoms with Gasteiger partial charge in [-0.1, -0.05) is 16.6 Å². The van der Waals surface area contributed by atoms with Crippen molar-refractivity contribution in [1.82, 2.24) is 14.5 Å². The first-order chi connectivity index (χ1) is 9.70. The minimum atomic E-state index is -4.07. The minimum absolute atomic E-state index is 0.176. The lowest BCUT2D eigenvalue weighted by Gasteiger charge is -2.11. The maximum Gasteiger partial charge on any atom is 0.352 e. The fraction of sp³-hybridized carbons (Fsp3) is 0.727. The van der Waals surface area contributed by atoms with Gasteiger partial charge in [-0.2, -0.15) is 13.5 Å². The van der Waals surface area contributed by atoms with Gasteiger partial charge in [0.25, 0.3) is 0 Å². The van der Waals surface area contributed by atoms with E-state index < -0.39 is 20.1 Å². The van der Waals surface area contributed by atoms with Crippen molar-refractivity contribution in [3.63, 3.8) is 0 Å². The van der Waals surface area contributed by atoms with Crippen LogP contribution in [0.5, 0.6) is 0 Å². The number of anilines is 1. The van der Waals surface area contributed by atoms with Crippen molar-refractivity contribution in [2.24, 2.45) is 3.77 Å². The molecule has 1 saturated carbocycles. The van der Waals surface area contributed by atoms with Crippen LogP contribution in [0.25, 0.3) is 0 Å². The summed E-state index contributed by atoms with van der Waals surface area (Å²) in [7, 11) is -4.02. The zero-order valence-electron chi connectivity index (χ0n) is 12.4. The van der Waals surface area contributed by atoms with Crippen molar-refractivity contribution in [1.29, 1.82) is 0 Å². The maximum absolute atomic E-state index is 12.0. The van der Waals surface area contributed by atoms with E-state index in [0.29, 0.717) is 5.92 Å². The number of rotatable bonds is 5. The molecule has 1 heterocycles. The summed E-state index contributed by atoms with van der Waals surface area (Å²) >= 11 is 0. The third-order valence-corrected chi connectivity index (χ3v) is 7.25. The summed E-state index contributed by atoms with van der Waals surface area (Å²) < 4.78 is 42.7. The minimum Gasteiger partial charge on any atom is -0.280 e. The summed E-state index contributed by atoms with van der Waals surface area (Å²) in [5.74, 6) is 0.583. The third kappa shape index (κ3) is 4.17. The molecule has 1 aliphatic rings. The molecule has 120 valence electrons. The van der Waals surface area contributed by atoms with Gasteiger partial charge in [-0.05, 0) is 12.8 Å². The van der Waals surface area contributed by atoms with E-state index in [0.717, 1.165) is 18.5 Å². The summed E-state index contributed by atoms with van der Waals surface area (Å²) in [5.41, 5.74) is 0.926. The van der Waals surface area contributed by atoms with Crippen LogP contribution in [-0.4, -0.2) is 47.5 Å². The molecule has 1 aliphatic carbocycles. The predicted molar refractivity (Wildman–Crippen MR) is 82.5 cm³/mol. The molecule has 0 radical (unpaired) electrons. The molecule has 1 atom stereocenters. The number of nitrogens with zero attached hydrogens (tertiary/aromatic N) is 3. The molecular formula is C11H21N5O3S2. The molecule has 1 unspecified atom stereocenters. The van der Waals surface area contributed by atoms with Gasteiger partial charge >= 0.3 is 10.2 Å². The molecule has 1 fully saturated rings. The molecule has 1 aromatic heterocycles. The largest absolute Gasteiger partial charge is 0.352 e. The SMILES string of the molecule is CN(C)S(C)(=O)=NS(=O)(=O)Nc1cc(C2CCCC2)[nH]n1. The Bertz CT molecular complexity index is 710. The molecule has 0 aliphatic heterocycles. The van der Waals surface area contributed by atoms with Crippen LogP contribution in [0.1, 0.15) is 37.3 Å². The summed E-state index contributed by atoms with van der Waals surface area (Å²) in [6.07, 6.45) is 5.80. The van der Waals surface area contributed by atoms with Crippen LogP contribution in [0.4, 0.5) is 5.82 Å². The Labute approximate surface area is 125 Å². The van der Waals surface area contributed by atoms with E-state index in [2.05, 4.69) is 18.7 Å². The Morgan fingerprint density at radius 2 is 1.95 bits per heavy atom. The fourth-order valence-electron chi connectivity index (χ4n) is 2.23. The van der Waals surface area contributed by atoms with Crippen molar-refractivity contribution >= 4 is 25.9 Å². The number of aromatic amines is 1. The lowest BCUT2D eigenvalue weighted by molar-refractivity contribution is 0.591. The zero-order chi connectivity index (χ0) is 15.7. The summed E-state index contributed by atoms with van der Waals surface area (Å²) in [6, 6.07) is 1.68. The average molecular weight is 335 g/mol. The molecule has 0 spiro atoms. The second-order valence-corrected chi connectivity index (χ2v) is 9.42. The van der Waals surface area contributed by atoms with E-state index >= 15 is 0 Å². The standard InChI is InChI=1S/C11H21N5O3S2/c1-16(2)20(3,17)15-21(18,19)14-11-8-10(12-13-11)9-6-4-5-7-9/h8-9H,4-7H2,1-3H3,(H2,12,13,14). The highest BCUT2D eigenvalue weighted by atomic mass is 32.3. The number of nitrogens with one attached hydrogen (secondary N) is 2. The molecule has 0 saturated heterocycles. The second kappa shape index (κ2) is 5.93. The van der Waals surface area contributed by atoms with Crippen molar-refractivity contribution in [3.05, 3.63) is 11.8 Å². The van der Waals surface area contributed by atoms with Crippen molar-refractivity contribution in [2.75, 3.05) is 25.1 Å². The number of hydrogen-bond acceptors (Lipinski definition) is 4. The Kier molecular flexibility index (Phi) is 4.59. The predicted octanol–water partition coefficient (Wildman–Crippen LogP) is 1.30. The van der Waals surface area contributed by atoms with Gasteiger partial charge in [0.15, 0.2) is 5.82 Å². The van der Waals surface area contributed by atoms with E-state index in [1.165, 1.54) is 37.5 Å². The first-order valence-corrected chi connectivity index (χ1v) is 10.0. The Balaban J connectivity index is 2.16. The monoisotopic (exact) mass is 335 g/mol. The van der Waals surface area contributed by atoms with Crippen LogP contribution in [0.15, 0.2) is 9.83 Å². The highest BCUT2D eigenvalue weighted by Gasteiger charge is 2.21. The van der Waals surface area contributed by atoms with Gasteiger partial charge in [0.2, 0.25) is 0 Å². The summed E-state index contributed by atoms with van der Waals surface area (Å²) in [5, 5.41) is 6.79. The molecule has 2 rings (SSSR count). The molecule has 0 bridgehead atoms. The van der Waals surface area contributed by atoms with E-state index in [-0.39, 0.29) is 5.82 Å². The lowest BCUT2D eigenvalue weighted by atomic mass is 10.1. The maximum atomic E-state index is 12.0. The van der Waals surface area contributed by atoms with Crippen LogP contribution >= 0.6 is 0 Å². The highest BCUT2D eigenvalue weighted by molar-refractivity contribution is 8.02. The van der Waals surface area contributed by atoms with Crippen molar-refractivity contribution in [3.8, 4) is 0 Å². The zero-order valence-corrected chi connectivity index (χ0v) is 14.0. The number of H-pyrrole nitrogens is 1. The van der Waals surface area contributed by atoms with Gasteiger partial charge < -0.3 is 0 Å². The van der Waals surface area contributed by atoms with E-state index in [1.807, 2.05) is 0 Å². The molecule has 21 heavy (non-hydrogen) atoms. The normalized spacial score (nSPS) is 19.6. The highest BCUT2D eigenvalue weighted by Crippen LogP contribution is 2.33. The average Bonchev–Trinajstić information content (AvgIpc) is 2.95. The first kappa shape index (κ1) is 16.2. The number of hydrogen-bond donors (Lipinski definition) is 2. The summed E-state index contributed by atoms with van der Waals surface area (Å²) in [6.45, 7) is 0.